The fourth-order valence-electron chi connectivity index (χ4n) is 13.4. The van der Waals surface area contributed by atoms with Crippen molar-refractivity contribution < 1.29 is 76.0 Å². The number of nitrogens with one attached hydrogen (secondary N) is 4. The molecule has 2 heterocycles. The Hall–Kier alpha value is -9.15. The predicted octanol–water partition coefficient (Wildman–Crippen LogP) is 12.8. The molecule has 3 aliphatic rings. The Bertz CT molecular complexity index is 3890. The van der Waals surface area contributed by atoms with Crippen LogP contribution < -0.4 is 25.6 Å². The van der Waals surface area contributed by atoms with Crippen LogP contribution in [0.2, 0.25) is 0 Å². The van der Waals surface area contributed by atoms with E-state index in [9.17, 15) is 61.5 Å². The van der Waals surface area contributed by atoms with Gasteiger partial charge >= 0.3 is 23.9 Å². The number of nitrogens with zero attached hydrogens (tertiary/aromatic N) is 2. The Morgan fingerprint density at radius 1 is 0.670 bits per heavy atom. The lowest BCUT2D eigenvalue weighted by atomic mass is 9.81. The van der Waals surface area contributed by atoms with Gasteiger partial charge in [-0.3, -0.25) is 33.3 Å². The van der Waals surface area contributed by atoms with Gasteiger partial charge in [0.25, 0.3) is 10.1 Å². The highest BCUT2D eigenvalue weighted by Crippen LogP contribution is 2.48. The number of hydrogen-bond acceptors (Lipinski definition) is 13. The summed E-state index contributed by atoms with van der Waals surface area (Å²) in [6, 6.07) is 29.9. The van der Waals surface area contributed by atoms with Crippen molar-refractivity contribution in [1.29, 1.82) is 5.41 Å². The summed E-state index contributed by atoms with van der Waals surface area (Å²) in [6.45, 7) is 12.6. The van der Waals surface area contributed by atoms with Gasteiger partial charge in [-0.2, -0.15) is 13.0 Å². The summed E-state index contributed by atoms with van der Waals surface area (Å²) in [5.74, 6) is -5.45. The van der Waals surface area contributed by atoms with E-state index < -0.39 is 74.9 Å². The Morgan fingerprint density at radius 2 is 1.34 bits per heavy atom. The zero-order valence-corrected chi connectivity index (χ0v) is 59.1. The summed E-state index contributed by atoms with van der Waals surface area (Å²) < 4.78 is 42.4. The first-order chi connectivity index (χ1) is 47.6. The molecular formula is C78H99N6O15S+. The van der Waals surface area contributed by atoms with Gasteiger partial charge < -0.3 is 46.3 Å². The number of unbranched alkanes of at least 4 members (excludes halogenated alkanes) is 5. The van der Waals surface area contributed by atoms with Crippen molar-refractivity contribution in [3.05, 3.63) is 172 Å². The average molecular weight is 1390 g/mol. The molecule has 2 aliphatic heterocycles. The van der Waals surface area contributed by atoms with E-state index in [1.54, 1.807) is 0 Å². The normalized spacial score (nSPS) is 16.4. The lowest BCUT2D eigenvalue weighted by Crippen LogP contribution is -2.46. The van der Waals surface area contributed by atoms with Crippen LogP contribution in [0.1, 0.15) is 185 Å². The molecule has 21 nitrogen and oxygen atoms in total. The number of carboxylic acids is 3. The molecule has 4 aromatic rings. The summed E-state index contributed by atoms with van der Waals surface area (Å²) in [6.07, 6.45) is 15.0. The number of rotatable bonds is 42. The molecule has 0 bridgehead atoms. The van der Waals surface area contributed by atoms with E-state index in [4.69, 9.17) is 15.3 Å². The number of benzene rings is 4. The number of ether oxygens (including phenoxy) is 1. The van der Waals surface area contributed by atoms with Gasteiger partial charge in [-0.15, -0.1) is 0 Å². The second-order valence-electron chi connectivity index (χ2n) is 27.3. The van der Waals surface area contributed by atoms with Crippen LogP contribution in [0.3, 0.4) is 0 Å². The first kappa shape index (κ1) is 78.2. The molecular weight excluding hydrogens is 1290 g/mol. The van der Waals surface area contributed by atoms with Crippen LogP contribution in [-0.4, -0.2) is 129 Å². The van der Waals surface area contributed by atoms with Crippen molar-refractivity contribution in [2.24, 2.45) is 5.92 Å². The van der Waals surface area contributed by atoms with Crippen LogP contribution in [0, 0.1) is 11.3 Å². The topological polar surface area (TPSA) is 327 Å². The number of ketones is 3. The Morgan fingerprint density at radius 3 is 2.03 bits per heavy atom. The number of amides is 3. The first-order valence-electron chi connectivity index (χ1n) is 35.0. The number of urea groups is 1. The third kappa shape index (κ3) is 23.2. The maximum Gasteiger partial charge on any atom is 0.326 e. The number of carbonyl (C=O) groups excluding carboxylic acids is 5. The van der Waals surface area contributed by atoms with Gasteiger partial charge in [0, 0.05) is 105 Å². The molecule has 0 radical (unpaired) electrons. The Kier molecular flexibility index (Phi) is 29.2. The van der Waals surface area contributed by atoms with E-state index >= 15 is 0 Å². The van der Waals surface area contributed by atoms with Crippen molar-refractivity contribution in [2.45, 2.75) is 199 Å². The van der Waals surface area contributed by atoms with E-state index in [2.05, 4.69) is 121 Å². The maximum atomic E-state index is 14.3. The third-order valence-corrected chi connectivity index (χ3v) is 19.6. The van der Waals surface area contributed by atoms with Crippen molar-refractivity contribution in [3.8, 4) is 5.75 Å². The van der Waals surface area contributed by atoms with Crippen molar-refractivity contribution in [2.75, 3.05) is 30.3 Å². The minimum absolute atomic E-state index is 0.00448. The highest BCUT2D eigenvalue weighted by atomic mass is 32.2. The van der Waals surface area contributed by atoms with Crippen LogP contribution >= 0.6 is 0 Å². The molecule has 0 aromatic heterocycles. The van der Waals surface area contributed by atoms with Gasteiger partial charge in [0.15, 0.2) is 11.5 Å². The monoisotopic (exact) mass is 1390 g/mol. The van der Waals surface area contributed by atoms with Gasteiger partial charge in [-0.25, -0.2) is 9.59 Å². The molecule has 0 fully saturated rings. The standard InChI is InChI=1S/C78H98N6O15S/c1-6-7-18-45-83-66-30-16-14-28-62(66)77(2,3)69(83)42-36-55-25-21-26-56(37-43-70-78(4,5)63-29-15-17-31-67(63)84(70)46-19-20-47-100(96,97)98)73(55)99-61-39-34-54(35-40-61)48-57(74(91)92)50-68(87)65(49-53-23-10-8-11-24-53)81-71(88)32-13-9-12-27-59(85)51-58(79)52-60(86)38-41-64(75(93)94)82-76(95)80-44-22-33-72(89)90/h8,10-11,14-17,23-24,28-31,34-37,39-40,42-43,57,64-65,79H,6-7,9,12-13,18-22,25-27,32-33,38,41,44-52H2,1-5H3,(H6-,80,81,82,88,89,90,91,92,93,94,95,96,97,98)/p+1/t57-,64+,65+/m1/s1. The summed E-state index contributed by atoms with van der Waals surface area (Å²) in [5, 5.41) is 44.6. The van der Waals surface area contributed by atoms with Crippen LogP contribution in [-0.2, 0) is 67.4 Å². The van der Waals surface area contributed by atoms with Gasteiger partial charge in [-0.05, 0) is 149 Å². The number of para-hydroxylation sites is 2. The molecule has 0 unspecified atom stereocenters. The highest BCUT2D eigenvalue weighted by molar-refractivity contribution is 7.85. The van der Waals surface area contributed by atoms with Gasteiger partial charge in [0.1, 0.15) is 35.7 Å². The lowest BCUT2D eigenvalue weighted by Gasteiger charge is -2.27. The Balaban J connectivity index is 1.01. The van der Waals surface area contributed by atoms with E-state index in [1.807, 2.05) is 66.7 Å². The summed E-state index contributed by atoms with van der Waals surface area (Å²) >= 11 is 0. The first-order valence-corrected chi connectivity index (χ1v) is 36.6. The SMILES string of the molecule is CCCCC[N+]1=C(/C=C/C2=C(Oc3ccc(C[C@H](CC(=O)[C@H](Cc4ccccc4)NC(=O)CCCCCC(=O)CC(=N)CC(=O)CC[C@H](NC(=O)NCCCC(=O)O)C(=O)O)C(=O)O)cc3)C(=C/C=C3/N(CCCCS(=O)(=O)O)c4ccccc4C3(C)C)/CCC2)C(C)(C)c2ccccc21. The average Bonchev–Trinajstić information content (AvgIpc) is 1.60. The highest BCUT2D eigenvalue weighted by Gasteiger charge is 2.44. The number of anilines is 1. The molecule has 100 heavy (non-hydrogen) atoms. The van der Waals surface area contributed by atoms with E-state index in [-0.39, 0.29) is 99.8 Å². The largest absolute Gasteiger partial charge is 0.481 e. The maximum absolute atomic E-state index is 14.3. The smallest absolute Gasteiger partial charge is 0.326 e. The molecule has 0 saturated carbocycles. The minimum atomic E-state index is -4.11. The van der Waals surface area contributed by atoms with Crippen molar-refractivity contribution >= 4 is 80.1 Å². The van der Waals surface area contributed by atoms with E-state index in [0.29, 0.717) is 55.7 Å². The number of hydrogen-bond donors (Lipinski definition) is 8. The molecule has 0 saturated heterocycles. The summed E-state index contributed by atoms with van der Waals surface area (Å²) in [7, 11) is -4.11. The van der Waals surface area contributed by atoms with E-state index in [1.165, 1.54) is 17.0 Å². The molecule has 3 atom stereocenters. The van der Waals surface area contributed by atoms with Gasteiger partial charge in [0.2, 0.25) is 11.6 Å². The van der Waals surface area contributed by atoms with Crippen LogP contribution in [0.5, 0.6) is 5.75 Å². The molecule has 7 rings (SSSR count). The number of carboxylic acid groups (broad SMARTS) is 3. The minimum Gasteiger partial charge on any atom is -0.481 e. The van der Waals surface area contributed by atoms with E-state index in [0.717, 1.165) is 78.7 Å². The van der Waals surface area contributed by atoms with Crippen LogP contribution in [0.15, 0.2) is 150 Å². The molecule has 22 heteroatoms. The number of aliphatic carboxylic acids is 3. The number of Topliss-reactive ketones (excluding diaryl/α,β-unsaturated/α-hetero) is 3. The second-order valence-corrected chi connectivity index (χ2v) is 28.9. The molecule has 0 spiro atoms. The molecule has 1 aliphatic carbocycles. The van der Waals surface area contributed by atoms with Crippen LogP contribution in [0.25, 0.3) is 0 Å². The summed E-state index contributed by atoms with van der Waals surface area (Å²) in [5.41, 5.74) is 9.50. The van der Waals surface area contributed by atoms with Crippen molar-refractivity contribution in [1.82, 2.24) is 16.0 Å². The number of fused-ring (bicyclic) bond motifs is 2. The molecule has 3 amide bonds. The van der Waals surface area contributed by atoms with Crippen molar-refractivity contribution in [3.63, 3.8) is 0 Å². The second kappa shape index (κ2) is 37.3. The summed E-state index contributed by atoms with van der Waals surface area (Å²) in [4.78, 5) is 103. The van der Waals surface area contributed by atoms with Crippen LogP contribution in [0.4, 0.5) is 16.2 Å². The third-order valence-electron chi connectivity index (χ3n) is 18.8. The fraction of sp³-hybridized carbons (Fsp3) is 0.462. The number of allylic oxidation sites excluding steroid dienone is 7. The van der Waals surface area contributed by atoms with Gasteiger partial charge in [0.05, 0.1) is 23.1 Å². The lowest BCUT2D eigenvalue weighted by molar-refractivity contribution is -0.438. The zero-order chi connectivity index (χ0) is 72.6. The Labute approximate surface area is 587 Å². The molecule has 4 aromatic carbocycles. The van der Waals surface area contributed by atoms with Gasteiger partial charge in [-0.1, -0.05) is 119 Å². The predicted molar refractivity (Wildman–Crippen MR) is 385 cm³/mol. The quantitative estimate of drug-likeness (QED) is 0.00884. The molecule has 536 valence electrons. The zero-order valence-electron chi connectivity index (χ0n) is 58.3. The molecule has 8 N–H and O–H groups in total. The number of carbonyl (C=O) groups is 8. The fourth-order valence-corrected chi connectivity index (χ4v) is 13.9.